The fourth-order valence-electron chi connectivity index (χ4n) is 2.71. The van der Waals surface area contributed by atoms with E-state index in [0.29, 0.717) is 6.04 Å². The van der Waals surface area contributed by atoms with Crippen LogP contribution in [0.3, 0.4) is 0 Å². The molecule has 0 radical (unpaired) electrons. The molecule has 2 rings (SSSR count). The molecule has 0 spiro atoms. The maximum Gasteiger partial charge on any atom is 0.0332 e. The van der Waals surface area contributed by atoms with Crippen LogP contribution >= 0.6 is 15.9 Å². The van der Waals surface area contributed by atoms with Crippen molar-refractivity contribution in [1.82, 2.24) is 10.2 Å². The van der Waals surface area contributed by atoms with Gasteiger partial charge in [-0.1, -0.05) is 41.9 Å². The Kier molecular flexibility index (Phi) is 6.53. The average Bonchev–Trinajstić information content (AvgIpc) is 3.25. The average molecular weight is 339 g/mol. The minimum atomic E-state index is 0.464. The molecular weight excluding hydrogens is 312 g/mol. The van der Waals surface area contributed by atoms with Gasteiger partial charge < -0.3 is 10.2 Å². The highest BCUT2D eigenvalue weighted by molar-refractivity contribution is 9.10. The lowest BCUT2D eigenvalue weighted by atomic mass is 10.0. The third-order valence-electron chi connectivity index (χ3n) is 4.10. The third-order valence-corrected chi connectivity index (χ3v) is 4.59. The molecule has 0 aromatic heterocycles. The highest BCUT2D eigenvalue weighted by atomic mass is 79.9. The second kappa shape index (κ2) is 8.16. The summed E-state index contributed by atoms with van der Waals surface area (Å²) in [6.45, 7) is 9.15. The first kappa shape index (κ1) is 16.0. The van der Waals surface area contributed by atoms with Crippen molar-refractivity contribution in [3.8, 4) is 0 Å². The summed E-state index contributed by atoms with van der Waals surface area (Å²) in [5, 5.41) is 3.63. The summed E-state index contributed by atoms with van der Waals surface area (Å²) in [6, 6.07) is 9.16. The summed E-state index contributed by atoms with van der Waals surface area (Å²) < 4.78 is 1.17. The molecule has 1 unspecified atom stereocenters. The molecule has 1 fully saturated rings. The Bertz CT molecular complexity index is 404. The summed E-state index contributed by atoms with van der Waals surface area (Å²) >= 11 is 3.58. The van der Waals surface area contributed by atoms with Gasteiger partial charge in [-0.15, -0.1) is 0 Å². The normalized spacial score (nSPS) is 16.6. The van der Waals surface area contributed by atoms with E-state index < -0.39 is 0 Å². The van der Waals surface area contributed by atoms with Crippen molar-refractivity contribution < 1.29 is 0 Å². The molecular formula is C17H27BrN2. The van der Waals surface area contributed by atoms with E-state index in [-0.39, 0.29) is 0 Å². The summed E-state index contributed by atoms with van der Waals surface area (Å²) in [5.41, 5.74) is 1.39. The van der Waals surface area contributed by atoms with E-state index in [0.717, 1.165) is 12.5 Å². The molecule has 1 aromatic carbocycles. The van der Waals surface area contributed by atoms with Crippen LogP contribution in [0.4, 0.5) is 0 Å². The predicted octanol–water partition coefficient (Wildman–Crippen LogP) is 4.22. The van der Waals surface area contributed by atoms with Gasteiger partial charge in [-0.2, -0.15) is 0 Å². The van der Waals surface area contributed by atoms with Crippen LogP contribution in [0.5, 0.6) is 0 Å². The van der Waals surface area contributed by atoms with Crippen molar-refractivity contribution in [2.45, 2.75) is 39.2 Å². The summed E-state index contributed by atoms with van der Waals surface area (Å²) in [5.74, 6) is 0.985. The zero-order valence-electron chi connectivity index (χ0n) is 12.7. The molecule has 0 amide bonds. The number of rotatable bonds is 9. The molecule has 1 atom stereocenters. The Labute approximate surface area is 132 Å². The van der Waals surface area contributed by atoms with Crippen LogP contribution in [-0.4, -0.2) is 31.1 Å². The van der Waals surface area contributed by atoms with E-state index in [1.54, 1.807) is 0 Å². The van der Waals surface area contributed by atoms with Gasteiger partial charge in [0, 0.05) is 17.1 Å². The molecule has 0 saturated heterocycles. The smallest absolute Gasteiger partial charge is 0.0332 e. The molecule has 0 heterocycles. The molecule has 0 aliphatic heterocycles. The lowest BCUT2D eigenvalue weighted by Crippen LogP contribution is -2.31. The molecule has 2 nitrogen and oxygen atoms in total. The topological polar surface area (TPSA) is 15.3 Å². The summed E-state index contributed by atoms with van der Waals surface area (Å²) in [7, 11) is 0. The Balaban J connectivity index is 1.90. The van der Waals surface area contributed by atoms with Gasteiger partial charge in [0.1, 0.15) is 0 Å². The van der Waals surface area contributed by atoms with Gasteiger partial charge in [0.05, 0.1) is 0 Å². The number of nitrogens with zero attached hydrogens (tertiary/aromatic N) is 1. The molecule has 1 aliphatic rings. The van der Waals surface area contributed by atoms with Crippen LogP contribution in [0.25, 0.3) is 0 Å². The fourth-order valence-corrected chi connectivity index (χ4v) is 3.13. The van der Waals surface area contributed by atoms with Crippen molar-refractivity contribution >= 4 is 15.9 Å². The summed E-state index contributed by atoms with van der Waals surface area (Å²) in [4.78, 5) is 2.61. The highest BCUT2D eigenvalue weighted by Gasteiger charge is 2.24. The molecule has 1 aromatic rings. The molecule has 3 heteroatoms. The van der Waals surface area contributed by atoms with Crippen LogP contribution in [-0.2, 0) is 0 Å². The van der Waals surface area contributed by atoms with Gasteiger partial charge in [0.25, 0.3) is 0 Å². The quantitative estimate of drug-likeness (QED) is 0.725. The zero-order valence-corrected chi connectivity index (χ0v) is 14.3. The van der Waals surface area contributed by atoms with Crippen molar-refractivity contribution in [3.63, 3.8) is 0 Å². The third kappa shape index (κ3) is 5.19. The Morgan fingerprint density at radius 2 is 2.15 bits per heavy atom. The van der Waals surface area contributed by atoms with Crippen LogP contribution in [0, 0.1) is 5.92 Å². The molecule has 0 bridgehead atoms. The molecule has 20 heavy (non-hydrogen) atoms. The van der Waals surface area contributed by atoms with Gasteiger partial charge in [-0.25, -0.2) is 0 Å². The van der Waals surface area contributed by atoms with E-state index in [2.05, 4.69) is 64.3 Å². The second-order valence-electron chi connectivity index (χ2n) is 5.79. The van der Waals surface area contributed by atoms with Crippen molar-refractivity contribution in [1.29, 1.82) is 0 Å². The largest absolute Gasteiger partial charge is 0.310 e. The number of halogens is 1. The SMILES string of the molecule is CCNC(CCN(CC)CC1CC1)c1cccc(Br)c1. The van der Waals surface area contributed by atoms with Gasteiger partial charge in [0.15, 0.2) is 0 Å². The molecule has 112 valence electrons. The minimum absolute atomic E-state index is 0.464. The van der Waals surface area contributed by atoms with E-state index in [1.807, 2.05) is 0 Å². The Morgan fingerprint density at radius 3 is 2.75 bits per heavy atom. The lowest BCUT2D eigenvalue weighted by molar-refractivity contribution is 0.259. The molecule has 1 N–H and O–H groups in total. The summed E-state index contributed by atoms with van der Waals surface area (Å²) in [6.07, 6.45) is 4.07. The first-order chi connectivity index (χ1) is 9.72. The zero-order chi connectivity index (χ0) is 14.4. The lowest BCUT2D eigenvalue weighted by Gasteiger charge is -2.25. The first-order valence-electron chi connectivity index (χ1n) is 7.94. The monoisotopic (exact) mass is 338 g/mol. The van der Waals surface area contributed by atoms with E-state index in [1.165, 1.54) is 48.9 Å². The second-order valence-corrected chi connectivity index (χ2v) is 6.71. The van der Waals surface area contributed by atoms with Gasteiger partial charge in [-0.3, -0.25) is 0 Å². The maximum atomic E-state index is 3.63. The highest BCUT2D eigenvalue weighted by Crippen LogP contribution is 2.30. The van der Waals surface area contributed by atoms with E-state index >= 15 is 0 Å². The van der Waals surface area contributed by atoms with Gasteiger partial charge >= 0.3 is 0 Å². The Morgan fingerprint density at radius 1 is 1.35 bits per heavy atom. The minimum Gasteiger partial charge on any atom is -0.310 e. The maximum absolute atomic E-state index is 3.63. The Hall–Kier alpha value is -0.380. The van der Waals surface area contributed by atoms with Crippen molar-refractivity contribution in [3.05, 3.63) is 34.3 Å². The van der Waals surface area contributed by atoms with Crippen molar-refractivity contribution in [2.75, 3.05) is 26.2 Å². The fraction of sp³-hybridized carbons (Fsp3) is 0.647. The molecule has 1 saturated carbocycles. The van der Waals surface area contributed by atoms with E-state index in [4.69, 9.17) is 0 Å². The predicted molar refractivity (Wildman–Crippen MR) is 90.0 cm³/mol. The van der Waals surface area contributed by atoms with Crippen LogP contribution in [0.2, 0.25) is 0 Å². The number of hydrogen-bond donors (Lipinski definition) is 1. The van der Waals surface area contributed by atoms with E-state index in [9.17, 15) is 0 Å². The van der Waals surface area contributed by atoms with Crippen LogP contribution in [0.15, 0.2) is 28.7 Å². The van der Waals surface area contributed by atoms with Crippen LogP contribution < -0.4 is 5.32 Å². The van der Waals surface area contributed by atoms with Crippen molar-refractivity contribution in [2.24, 2.45) is 5.92 Å². The first-order valence-corrected chi connectivity index (χ1v) is 8.73. The molecule has 1 aliphatic carbocycles. The van der Waals surface area contributed by atoms with Crippen LogP contribution in [0.1, 0.15) is 44.7 Å². The number of nitrogens with one attached hydrogen (secondary N) is 1. The number of benzene rings is 1. The number of hydrogen-bond acceptors (Lipinski definition) is 2. The van der Waals surface area contributed by atoms with Gasteiger partial charge in [0.2, 0.25) is 0 Å². The standard InChI is InChI=1S/C17H27BrN2/c1-3-19-17(15-6-5-7-16(18)12-15)10-11-20(4-2)13-14-8-9-14/h5-7,12,14,17,19H,3-4,8-11,13H2,1-2H3. The van der Waals surface area contributed by atoms with Gasteiger partial charge in [-0.05, 0) is 62.5 Å².